The monoisotopic (exact) mass is 289 g/mol. The van der Waals surface area contributed by atoms with Crippen molar-refractivity contribution in [2.24, 2.45) is 0 Å². The van der Waals surface area contributed by atoms with Gasteiger partial charge in [-0.25, -0.2) is 0 Å². The first-order valence-electron chi connectivity index (χ1n) is 5.31. The highest BCUT2D eigenvalue weighted by Crippen LogP contribution is 2.25. The molecule has 0 unspecified atom stereocenters. The van der Waals surface area contributed by atoms with Gasteiger partial charge in [-0.2, -0.15) is 0 Å². The van der Waals surface area contributed by atoms with E-state index in [0.717, 1.165) is 0 Å². The van der Waals surface area contributed by atoms with Crippen LogP contribution in [0.4, 0.5) is 0 Å². The minimum Gasteiger partial charge on any atom is -0.468 e. The zero-order valence-electron chi connectivity index (χ0n) is 10.1. The van der Waals surface area contributed by atoms with E-state index in [1.54, 1.807) is 25.1 Å². The summed E-state index contributed by atoms with van der Waals surface area (Å²) in [6.45, 7) is 1.98. The van der Waals surface area contributed by atoms with Gasteiger partial charge in [-0.15, -0.1) is 0 Å². The molecule has 1 aromatic rings. The number of ether oxygens (including phenoxy) is 1. The smallest absolute Gasteiger partial charge is 0.325 e. The highest BCUT2D eigenvalue weighted by atomic mass is 35.5. The van der Waals surface area contributed by atoms with Gasteiger partial charge in [0.25, 0.3) is 5.91 Å². The van der Waals surface area contributed by atoms with E-state index in [1.165, 1.54) is 12.0 Å². The normalized spacial score (nSPS) is 10.0. The Morgan fingerprint density at radius 2 is 1.83 bits per heavy atom. The van der Waals surface area contributed by atoms with Crippen LogP contribution in [0, 0.1) is 0 Å². The third-order valence-electron chi connectivity index (χ3n) is 2.39. The maximum Gasteiger partial charge on any atom is 0.325 e. The molecule has 0 N–H and O–H groups in total. The average molecular weight is 290 g/mol. The first-order valence-corrected chi connectivity index (χ1v) is 6.07. The molecule has 0 fully saturated rings. The first kappa shape index (κ1) is 14.8. The van der Waals surface area contributed by atoms with Crippen LogP contribution in [0.2, 0.25) is 10.0 Å². The Kier molecular flexibility index (Phi) is 5.44. The number of methoxy groups -OCH3 is 1. The minimum atomic E-state index is -0.492. The van der Waals surface area contributed by atoms with E-state index in [-0.39, 0.29) is 22.2 Å². The highest BCUT2D eigenvalue weighted by Gasteiger charge is 2.22. The molecule has 98 valence electrons. The van der Waals surface area contributed by atoms with Crippen molar-refractivity contribution < 1.29 is 14.3 Å². The van der Waals surface area contributed by atoms with Crippen molar-refractivity contribution in [1.29, 1.82) is 0 Å². The molecule has 4 nitrogen and oxygen atoms in total. The quantitative estimate of drug-likeness (QED) is 0.801. The van der Waals surface area contributed by atoms with Gasteiger partial charge in [-0.05, 0) is 19.1 Å². The van der Waals surface area contributed by atoms with E-state index in [2.05, 4.69) is 4.74 Å². The molecule has 1 amide bonds. The van der Waals surface area contributed by atoms with Gasteiger partial charge < -0.3 is 9.64 Å². The fourth-order valence-electron chi connectivity index (χ4n) is 1.41. The lowest BCUT2D eigenvalue weighted by Crippen LogP contribution is -2.36. The van der Waals surface area contributed by atoms with Gasteiger partial charge >= 0.3 is 5.97 Å². The second kappa shape index (κ2) is 6.61. The van der Waals surface area contributed by atoms with Crippen LogP contribution in [0.15, 0.2) is 18.2 Å². The van der Waals surface area contributed by atoms with Crippen molar-refractivity contribution >= 4 is 35.1 Å². The SMILES string of the molecule is CCN(CC(=O)OC)C(=O)c1c(Cl)cccc1Cl. The lowest BCUT2D eigenvalue weighted by molar-refractivity contribution is -0.141. The van der Waals surface area contributed by atoms with Gasteiger partial charge in [0, 0.05) is 6.54 Å². The van der Waals surface area contributed by atoms with Crippen molar-refractivity contribution in [2.75, 3.05) is 20.2 Å². The lowest BCUT2D eigenvalue weighted by Gasteiger charge is -2.20. The number of rotatable bonds is 4. The molecule has 1 rings (SSSR count). The minimum absolute atomic E-state index is 0.132. The van der Waals surface area contributed by atoms with Gasteiger partial charge in [0.15, 0.2) is 0 Å². The lowest BCUT2D eigenvalue weighted by atomic mass is 10.2. The Hall–Kier alpha value is -1.26. The summed E-state index contributed by atoms with van der Waals surface area (Å²) in [4.78, 5) is 24.7. The molecular weight excluding hydrogens is 277 g/mol. The van der Waals surface area contributed by atoms with Crippen molar-refractivity contribution in [2.45, 2.75) is 6.92 Å². The molecule has 0 saturated carbocycles. The Bertz CT molecular complexity index is 442. The molecule has 0 saturated heterocycles. The van der Waals surface area contributed by atoms with Gasteiger partial charge in [0.1, 0.15) is 6.54 Å². The molecule has 0 spiro atoms. The summed E-state index contributed by atoms with van der Waals surface area (Å²) < 4.78 is 4.53. The second-order valence-corrected chi connectivity index (χ2v) is 4.31. The fraction of sp³-hybridized carbons (Fsp3) is 0.333. The van der Waals surface area contributed by atoms with Crippen LogP contribution in [0.25, 0.3) is 0 Å². The summed E-state index contributed by atoms with van der Waals surface area (Å²) in [5, 5.41) is 0.520. The van der Waals surface area contributed by atoms with Crippen LogP contribution in [-0.4, -0.2) is 37.0 Å². The summed E-state index contributed by atoms with van der Waals surface area (Å²) in [6, 6.07) is 4.80. The molecule has 0 atom stereocenters. The number of hydrogen-bond donors (Lipinski definition) is 0. The highest BCUT2D eigenvalue weighted by molar-refractivity contribution is 6.39. The molecule has 18 heavy (non-hydrogen) atoms. The third kappa shape index (κ3) is 3.37. The topological polar surface area (TPSA) is 46.6 Å². The molecule has 0 radical (unpaired) electrons. The standard InChI is InChI=1S/C12H13Cl2NO3/c1-3-15(7-10(16)18-2)12(17)11-8(13)5-4-6-9(11)14/h4-6H,3,7H2,1-2H3. The Morgan fingerprint density at radius 1 is 1.28 bits per heavy atom. The van der Waals surface area contributed by atoms with Crippen LogP contribution in [0.3, 0.4) is 0 Å². The number of hydrogen-bond acceptors (Lipinski definition) is 3. The van der Waals surface area contributed by atoms with Crippen LogP contribution in [0.5, 0.6) is 0 Å². The number of esters is 1. The molecule has 0 aromatic heterocycles. The van der Waals surface area contributed by atoms with Gasteiger partial charge in [-0.1, -0.05) is 29.3 Å². The Labute approximate surface area is 115 Å². The van der Waals surface area contributed by atoms with Crippen LogP contribution < -0.4 is 0 Å². The molecule has 1 aromatic carbocycles. The van der Waals surface area contributed by atoms with E-state index in [0.29, 0.717) is 6.54 Å². The Morgan fingerprint density at radius 3 is 2.28 bits per heavy atom. The maximum absolute atomic E-state index is 12.2. The molecule has 6 heteroatoms. The molecule has 0 heterocycles. The van der Waals surface area contributed by atoms with Gasteiger partial charge in [-0.3, -0.25) is 9.59 Å². The average Bonchev–Trinajstić information content (AvgIpc) is 2.35. The number of likely N-dealkylation sites (N-methyl/N-ethyl adjacent to an activating group) is 1. The van der Waals surface area contributed by atoms with E-state index in [9.17, 15) is 9.59 Å². The molecule has 0 aliphatic rings. The van der Waals surface area contributed by atoms with E-state index in [4.69, 9.17) is 23.2 Å². The Balaban J connectivity index is 3.00. The molecule has 0 bridgehead atoms. The third-order valence-corrected chi connectivity index (χ3v) is 3.02. The zero-order valence-corrected chi connectivity index (χ0v) is 11.6. The summed E-state index contributed by atoms with van der Waals surface area (Å²) >= 11 is 11.9. The zero-order chi connectivity index (χ0) is 13.7. The van der Waals surface area contributed by atoms with Crippen molar-refractivity contribution in [3.8, 4) is 0 Å². The number of halogens is 2. The number of carbonyl (C=O) groups excluding carboxylic acids is 2. The van der Waals surface area contributed by atoms with Crippen LogP contribution >= 0.6 is 23.2 Å². The number of benzene rings is 1. The molecule has 0 aliphatic carbocycles. The van der Waals surface area contributed by atoms with E-state index in [1.807, 2.05) is 0 Å². The van der Waals surface area contributed by atoms with Crippen LogP contribution in [-0.2, 0) is 9.53 Å². The second-order valence-electron chi connectivity index (χ2n) is 3.49. The number of carbonyl (C=O) groups is 2. The first-order chi connectivity index (χ1) is 8.51. The summed E-state index contributed by atoms with van der Waals surface area (Å²) in [5.41, 5.74) is 0.201. The molecule has 0 aliphatic heterocycles. The predicted molar refractivity (Wildman–Crippen MR) is 70.1 cm³/mol. The number of amides is 1. The van der Waals surface area contributed by atoms with E-state index < -0.39 is 11.9 Å². The maximum atomic E-state index is 12.2. The van der Waals surface area contributed by atoms with Gasteiger partial charge in [0.05, 0.1) is 22.7 Å². The molecular formula is C12H13Cl2NO3. The summed E-state index contributed by atoms with van der Waals surface area (Å²) in [5.74, 6) is -0.883. The summed E-state index contributed by atoms with van der Waals surface area (Å²) in [7, 11) is 1.27. The number of nitrogens with zero attached hydrogens (tertiary/aromatic N) is 1. The van der Waals surface area contributed by atoms with Crippen molar-refractivity contribution in [1.82, 2.24) is 4.90 Å². The van der Waals surface area contributed by atoms with Crippen molar-refractivity contribution in [3.05, 3.63) is 33.8 Å². The van der Waals surface area contributed by atoms with E-state index >= 15 is 0 Å². The largest absolute Gasteiger partial charge is 0.468 e. The fourth-order valence-corrected chi connectivity index (χ4v) is 1.97. The predicted octanol–water partition coefficient (Wildman–Crippen LogP) is 2.63. The van der Waals surface area contributed by atoms with Crippen molar-refractivity contribution in [3.63, 3.8) is 0 Å². The van der Waals surface area contributed by atoms with Gasteiger partial charge in [0.2, 0.25) is 0 Å². The summed E-state index contributed by atoms with van der Waals surface area (Å²) in [6.07, 6.45) is 0. The van der Waals surface area contributed by atoms with Crippen LogP contribution in [0.1, 0.15) is 17.3 Å².